The Morgan fingerprint density at radius 1 is 1.05 bits per heavy atom. The highest BCUT2D eigenvalue weighted by atomic mass is 32.2. The first-order valence-corrected chi connectivity index (χ1v) is 12.4. The van der Waals surface area contributed by atoms with Crippen molar-refractivity contribution in [3.63, 3.8) is 0 Å². The summed E-state index contributed by atoms with van der Waals surface area (Å²) in [6.07, 6.45) is -4.40. The fraction of sp³-hybridized carbons (Fsp3) is 0.192. The molecule has 0 bridgehead atoms. The molecule has 0 aliphatic rings. The molecule has 1 aromatic heterocycles. The molecule has 1 N–H and O–H groups in total. The van der Waals surface area contributed by atoms with E-state index in [2.05, 4.69) is 15.5 Å². The molecule has 0 radical (unpaired) electrons. The maximum Gasteiger partial charge on any atom is 0.416 e. The third-order valence-electron chi connectivity index (χ3n) is 5.76. The first kappa shape index (κ1) is 26.9. The largest absolute Gasteiger partial charge is 0.416 e. The van der Waals surface area contributed by atoms with Crippen LogP contribution < -0.4 is 5.32 Å². The van der Waals surface area contributed by atoms with Gasteiger partial charge < -0.3 is 5.32 Å². The van der Waals surface area contributed by atoms with Crippen molar-refractivity contribution in [2.75, 3.05) is 0 Å². The zero-order valence-corrected chi connectivity index (χ0v) is 21.1. The third-order valence-corrected chi connectivity index (χ3v) is 6.76. The number of nitro benzene ring substituents is 1. The lowest BCUT2D eigenvalue weighted by Crippen LogP contribution is -2.25. The van der Waals surface area contributed by atoms with Gasteiger partial charge in [-0.05, 0) is 55.3 Å². The molecule has 0 saturated heterocycles. The van der Waals surface area contributed by atoms with E-state index in [-0.39, 0.29) is 23.4 Å². The number of hydrogen-bond acceptors (Lipinski definition) is 6. The van der Waals surface area contributed by atoms with Crippen LogP contribution in [0, 0.1) is 24.0 Å². The van der Waals surface area contributed by atoms with Crippen molar-refractivity contribution >= 4 is 23.4 Å². The molecule has 0 atom stereocenters. The summed E-state index contributed by atoms with van der Waals surface area (Å²) in [7, 11) is 0. The van der Waals surface area contributed by atoms with Crippen LogP contribution in [0.3, 0.4) is 0 Å². The lowest BCUT2D eigenvalue weighted by atomic mass is 10.1. The standard InChI is InChI=1S/C26H22F3N5O3S/c1-16-5-3-6-20(13-16)33-23(14-30-24(35)21-7-4-8-22(17(21)2)34(36)37)31-32-25(33)38-15-18-9-11-19(12-10-18)26(27,28)29/h3-13H,14-15H2,1-2H3,(H,30,35). The molecule has 0 saturated carbocycles. The molecule has 4 aromatic rings. The van der Waals surface area contributed by atoms with Gasteiger partial charge >= 0.3 is 6.18 Å². The molecule has 196 valence electrons. The van der Waals surface area contributed by atoms with Crippen LogP contribution in [0.15, 0.2) is 71.9 Å². The maximum absolute atomic E-state index is 12.9. The number of nitrogens with zero attached hydrogens (tertiary/aromatic N) is 4. The van der Waals surface area contributed by atoms with Crippen LogP contribution in [0.25, 0.3) is 5.69 Å². The summed E-state index contributed by atoms with van der Waals surface area (Å²) < 4.78 is 40.4. The average molecular weight is 542 g/mol. The Bertz CT molecular complexity index is 1490. The van der Waals surface area contributed by atoms with Gasteiger partial charge in [0.05, 0.1) is 17.0 Å². The molecule has 0 aliphatic heterocycles. The summed E-state index contributed by atoms with van der Waals surface area (Å²) in [4.78, 5) is 23.5. The van der Waals surface area contributed by atoms with Crippen molar-refractivity contribution < 1.29 is 22.9 Å². The molecule has 0 unspecified atom stereocenters. The summed E-state index contributed by atoms with van der Waals surface area (Å²) in [6, 6.07) is 16.8. The fourth-order valence-electron chi connectivity index (χ4n) is 3.79. The first-order chi connectivity index (χ1) is 18.0. The fourth-order valence-corrected chi connectivity index (χ4v) is 4.72. The number of hydrogen-bond donors (Lipinski definition) is 1. The second-order valence-corrected chi connectivity index (χ2v) is 9.39. The summed E-state index contributed by atoms with van der Waals surface area (Å²) in [5.74, 6) is 0.271. The number of rotatable bonds is 8. The maximum atomic E-state index is 12.9. The van der Waals surface area contributed by atoms with E-state index < -0.39 is 22.6 Å². The predicted molar refractivity (Wildman–Crippen MR) is 136 cm³/mol. The number of carbonyl (C=O) groups excluding carboxylic acids is 1. The lowest BCUT2D eigenvalue weighted by molar-refractivity contribution is -0.385. The monoisotopic (exact) mass is 541 g/mol. The van der Waals surface area contributed by atoms with Gasteiger partial charge in [-0.25, -0.2) is 0 Å². The van der Waals surface area contributed by atoms with Gasteiger partial charge in [0, 0.05) is 28.6 Å². The van der Waals surface area contributed by atoms with Crippen molar-refractivity contribution in [2.45, 2.75) is 37.5 Å². The normalized spacial score (nSPS) is 11.4. The van der Waals surface area contributed by atoms with Gasteiger partial charge in [-0.2, -0.15) is 13.2 Å². The van der Waals surface area contributed by atoms with Gasteiger partial charge in [-0.1, -0.05) is 42.1 Å². The summed E-state index contributed by atoms with van der Waals surface area (Å²) in [5, 5.41) is 23.0. The summed E-state index contributed by atoms with van der Waals surface area (Å²) in [6.45, 7) is 3.43. The molecule has 3 aromatic carbocycles. The van der Waals surface area contributed by atoms with Crippen LogP contribution in [-0.2, 0) is 18.5 Å². The zero-order chi connectivity index (χ0) is 27.4. The average Bonchev–Trinajstić information content (AvgIpc) is 3.28. The van der Waals surface area contributed by atoms with E-state index in [9.17, 15) is 28.1 Å². The molecule has 4 rings (SSSR count). The Balaban J connectivity index is 1.57. The molecule has 12 heteroatoms. The highest BCUT2D eigenvalue weighted by Crippen LogP contribution is 2.31. The summed E-state index contributed by atoms with van der Waals surface area (Å²) >= 11 is 1.29. The van der Waals surface area contributed by atoms with Crippen molar-refractivity contribution in [3.8, 4) is 5.69 Å². The van der Waals surface area contributed by atoms with E-state index in [4.69, 9.17) is 0 Å². The van der Waals surface area contributed by atoms with Crippen molar-refractivity contribution in [1.82, 2.24) is 20.1 Å². The number of carbonyl (C=O) groups is 1. The van der Waals surface area contributed by atoms with Crippen LogP contribution in [0.1, 0.15) is 38.4 Å². The first-order valence-electron chi connectivity index (χ1n) is 11.4. The van der Waals surface area contributed by atoms with Gasteiger partial charge in [0.1, 0.15) is 0 Å². The molecule has 1 heterocycles. The number of benzene rings is 3. The number of thioether (sulfide) groups is 1. The molecule has 0 spiro atoms. The van der Waals surface area contributed by atoms with E-state index in [1.54, 1.807) is 4.57 Å². The highest BCUT2D eigenvalue weighted by Gasteiger charge is 2.30. The molecular formula is C26H22F3N5O3S. The number of aromatic nitrogens is 3. The van der Waals surface area contributed by atoms with E-state index >= 15 is 0 Å². The van der Waals surface area contributed by atoms with E-state index in [1.165, 1.54) is 49.0 Å². The zero-order valence-electron chi connectivity index (χ0n) is 20.3. The smallest absolute Gasteiger partial charge is 0.345 e. The number of amides is 1. The highest BCUT2D eigenvalue weighted by molar-refractivity contribution is 7.98. The molecule has 38 heavy (non-hydrogen) atoms. The van der Waals surface area contributed by atoms with E-state index in [1.807, 2.05) is 31.2 Å². The number of alkyl halides is 3. The van der Waals surface area contributed by atoms with Crippen LogP contribution in [0.4, 0.5) is 18.9 Å². The van der Waals surface area contributed by atoms with E-state index in [0.29, 0.717) is 22.3 Å². The van der Waals surface area contributed by atoms with E-state index in [0.717, 1.165) is 23.4 Å². The Labute approximate surface area is 220 Å². The van der Waals surface area contributed by atoms with Crippen molar-refractivity contribution in [2.24, 2.45) is 0 Å². The van der Waals surface area contributed by atoms with Gasteiger partial charge in [0.25, 0.3) is 11.6 Å². The molecular weight excluding hydrogens is 519 g/mol. The summed E-state index contributed by atoms with van der Waals surface area (Å²) in [5.41, 5.74) is 1.98. The topological polar surface area (TPSA) is 103 Å². The minimum absolute atomic E-state index is 0.0112. The second kappa shape index (κ2) is 11.1. The quantitative estimate of drug-likeness (QED) is 0.166. The molecule has 0 aliphatic carbocycles. The molecule has 8 nitrogen and oxygen atoms in total. The minimum Gasteiger partial charge on any atom is -0.345 e. The Hall–Kier alpha value is -4.19. The number of aryl methyl sites for hydroxylation is 1. The van der Waals surface area contributed by atoms with Gasteiger partial charge in [0.15, 0.2) is 11.0 Å². The Morgan fingerprint density at radius 3 is 2.42 bits per heavy atom. The van der Waals surface area contributed by atoms with Crippen LogP contribution in [0.2, 0.25) is 0 Å². The number of nitro groups is 1. The van der Waals surface area contributed by atoms with Crippen molar-refractivity contribution in [3.05, 3.63) is 110 Å². The molecule has 1 amide bonds. The third kappa shape index (κ3) is 6.02. The lowest BCUT2D eigenvalue weighted by Gasteiger charge is -2.12. The number of halogens is 3. The number of nitrogens with one attached hydrogen (secondary N) is 1. The Kier molecular flexibility index (Phi) is 7.81. The second-order valence-electron chi connectivity index (χ2n) is 8.45. The minimum atomic E-state index is -4.40. The van der Waals surface area contributed by atoms with Gasteiger partial charge in [-0.3, -0.25) is 19.5 Å². The van der Waals surface area contributed by atoms with Gasteiger partial charge in [-0.15, -0.1) is 10.2 Å². The van der Waals surface area contributed by atoms with Crippen molar-refractivity contribution in [1.29, 1.82) is 0 Å². The van der Waals surface area contributed by atoms with Crippen LogP contribution in [-0.4, -0.2) is 25.6 Å². The SMILES string of the molecule is Cc1cccc(-n2c(CNC(=O)c3cccc([N+](=O)[O-])c3C)nnc2SCc2ccc(C(F)(F)F)cc2)c1. The van der Waals surface area contributed by atoms with Crippen LogP contribution in [0.5, 0.6) is 0 Å². The Morgan fingerprint density at radius 2 is 1.76 bits per heavy atom. The molecule has 0 fully saturated rings. The predicted octanol–water partition coefficient (Wildman–Crippen LogP) is 6.03. The van der Waals surface area contributed by atoms with Gasteiger partial charge in [0.2, 0.25) is 0 Å². The van der Waals surface area contributed by atoms with Crippen LogP contribution >= 0.6 is 11.8 Å².